The lowest BCUT2D eigenvalue weighted by atomic mass is 9.93. The van der Waals surface area contributed by atoms with Crippen LogP contribution < -0.4 is 4.87 Å². The Hall–Kier alpha value is -2.21. The number of Topliss-reactive ketones (excluding diaryl/α,β-unsaturated/α-hetero) is 1. The molecule has 0 aliphatic carbocycles. The van der Waals surface area contributed by atoms with Gasteiger partial charge in [-0.05, 0) is 62.9 Å². The second-order valence-electron chi connectivity index (χ2n) is 6.24. The fraction of sp³-hybridized carbons (Fsp3) is 0.421. The first kappa shape index (κ1) is 19.1. The Bertz CT molecular complexity index is 876. The molecule has 6 heteroatoms. The minimum atomic E-state index is -0.482. The molecule has 0 fully saturated rings. The summed E-state index contributed by atoms with van der Waals surface area (Å²) in [4.78, 5) is 35.8. The summed E-state index contributed by atoms with van der Waals surface area (Å²) in [5.74, 6) is -0.690. The summed E-state index contributed by atoms with van der Waals surface area (Å²) in [6.07, 6.45) is 0.0652. The number of carbonyl (C=O) groups is 2. The van der Waals surface area contributed by atoms with Crippen molar-refractivity contribution in [2.75, 3.05) is 6.61 Å². The van der Waals surface area contributed by atoms with E-state index in [1.807, 2.05) is 40.7 Å². The maximum absolute atomic E-state index is 12.4. The summed E-state index contributed by atoms with van der Waals surface area (Å²) in [7, 11) is 0. The molecule has 2 aromatic rings. The van der Waals surface area contributed by atoms with Crippen LogP contribution in [0, 0.1) is 34.6 Å². The van der Waals surface area contributed by atoms with Crippen LogP contribution in [-0.2, 0) is 16.1 Å². The van der Waals surface area contributed by atoms with Gasteiger partial charge in [0.2, 0.25) is 5.78 Å². The quantitative estimate of drug-likeness (QED) is 0.585. The molecule has 0 aliphatic rings. The smallest absolute Gasteiger partial charge is 0.308 e. The van der Waals surface area contributed by atoms with Gasteiger partial charge in [-0.2, -0.15) is 0 Å². The van der Waals surface area contributed by atoms with Crippen molar-refractivity contribution in [2.45, 2.75) is 47.6 Å². The molecular weight excluding hydrogens is 338 g/mol. The van der Waals surface area contributed by atoms with Crippen LogP contribution in [0.15, 0.2) is 16.2 Å². The molecule has 2 rings (SSSR count). The third-order valence-corrected chi connectivity index (χ3v) is 5.54. The fourth-order valence-corrected chi connectivity index (χ4v) is 3.44. The number of rotatable bonds is 6. The van der Waals surface area contributed by atoms with Crippen molar-refractivity contribution in [3.05, 3.63) is 54.6 Å². The zero-order valence-electron chi connectivity index (χ0n) is 15.3. The highest BCUT2D eigenvalue weighted by Gasteiger charge is 2.16. The van der Waals surface area contributed by atoms with E-state index in [4.69, 9.17) is 4.74 Å². The molecule has 5 nitrogen and oxygen atoms in total. The van der Waals surface area contributed by atoms with E-state index in [9.17, 15) is 14.4 Å². The summed E-state index contributed by atoms with van der Waals surface area (Å²) in [6, 6.07) is 1.85. The Balaban J connectivity index is 1.96. The van der Waals surface area contributed by atoms with Crippen molar-refractivity contribution in [2.24, 2.45) is 0 Å². The fourth-order valence-electron chi connectivity index (χ4n) is 2.68. The normalized spacial score (nSPS) is 10.8. The average molecular weight is 361 g/mol. The van der Waals surface area contributed by atoms with E-state index in [1.165, 1.54) is 10.1 Å². The minimum absolute atomic E-state index is 0.0652. The lowest BCUT2D eigenvalue weighted by molar-refractivity contribution is -0.142. The van der Waals surface area contributed by atoms with Crippen LogP contribution in [0.25, 0.3) is 0 Å². The maximum Gasteiger partial charge on any atom is 0.308 e. The topological polar surface area (TPSA) is 65.4 Å². The molecular formula is C19H23NO4S. The molecule has 0 radical (unpaired) electrons. The van der Waals surface area contributed by atoms with Gasteiger partial charge >= 0.3 is 10.8 Å². The molecule has 0 N–H and O–H groups in total. The van der Waals surface area contributed by atoms with Crippen molar-refractivity contribution in [3.63, 3.8) is 0 Å². The molecule has 134 valence electrons. The summed E-state index contributed by atoms with van der Waals surface area (Å²) in [5.41, 5.74) is 5.64. The first-order chi connectivity index (χ1) is 11.7. The maximum atomic E-state index is 12.4. The van der Waals surface area contributed by atoms with Crippen LogP contribution in [-0.4, -0.2) is 22.9 Å². The van der Waals surface area contributed by atoms with Gasteiger partial charge in [-0.25, -0.2) is 0 Å². The summed E-state index contributed by atoms with van der Waals surface area (Å²) in [6.45, 7) is 9.69. The third kappa shape index (κ3) is 4.25. The lowest BCUT2D eigenvalue weighted by Crippen LogP contribution is -2.20. The Kier molecular flexibility index (Phi) is 5.95. The zero-order chi connectivity index (χ0) is 18.7. The predicted molar refractivity (Wildman–Crippen MR) is 98.6 cm³/mol. The molecule has 0 unspecified atom stereocenters. The van der Waals surface area contributed by atoms with Crippen molar-refractivity contribution in [1.29, 1.82) is 0 Å². The molecule has 0 saturated carbocycles. The number of hydrogen-bond acceptors (Lipinski definition) is 5. The van der Waals surface area contributed by atoms with Crippen molar-refractivity contribution >= 4 is 23.1 Å². The van der Waals surface area contributed by atoms with Gasteiger partial charge in [0, 0.05) is 23.2 Å². The number of esters is 1. The van der Waals surface area contributed by atoms with Crippen LogP contribution in [0.1, 0.15) is 44.7 Å². The predicted octanol–water partition coefficient (Wildman–Crippen LogP) is 3.27. The molecule has 0 bridgehead atoms. The molecule has 0 saturated heterocycles. The number of benzene rings is 1. The van der Waals surface area contributed by atoms with Crippen molar-refractivity contribution in [3.8, 4) is 0 Å². The number of hydrogen-bond donors (Lipinski definition) is 0. The number of nitrogens with zero attached hydrogens (tertiary/aromatic N) is 1. The Labute approximate surface area is 151 Å². The van der Waals surface area contributed by atoms with E-state index in [2.05, 4.69) is 0 Å². The average Bonchev–Trinajstić information content (AvgIpc) is 2.90. The van der Waals surface area contributed by atoms with Crippen molar-refractivity contribution < 1.29 is 14.3 Å². The van der Waals surface area contributed by atoms with Gasteiger partial charge in [0.1, 0.15) is 0 Å². The molecule has 0 atom stereocenters. The van der Waals surface area contributed by atoms with E-state index in [0.717, 1.165) is 33.7 Å². The first-order valence-electron chi connectivity index (χ1n) is 8.13. The second kappa shape index (κ2) is 7.78. The zero-order valence-corrected chi connectivity index (χ0v) is 16.1. The van der Waals surface area contributed by atoms with Crippen LogP contribution >= 0.6 is 11.3 Å². The number of thiazole rings is 1. The highest BCUT2D eigenvalue weighted by molar-refractivity contribution is 7.07. The van der Waals surface area contributed by atoms with Gasteiger partial charge in [0.25, 0.3) is 0 Å². The van der Waals surface area contributed by atoms with Crippen LogP contribution in [0.4, 0.5) is 0 Å². The Morgan fingerprint density at radius 1 is 1.08 bits per heavy atom. The largest absolute Gasteiger partial charge is 0.457 e. The van der Waals surface area contributed by atoms with Crippen molar-refractivity contribution in [1.82, 2.24) is 4.57 Å². The molecule has 25 heavy (non-hydrogen) atoms. The third-order valence-electron chi connectivity index (χ3n) is 4.66. The Morgan fingerprint density at radius 2 is 1.76 bits per heavy atom. The van der Waals surface area contributed by atoms with E-state index in [0.29, 0.717) is 5.56 Å². The van der Waals surface area contributed by atoms with E-state index >= 15 is 0 Å². The highest BCUT2D eigenvalue weighted by Crippen LogP contribution is 2.21. The Morgan fingerprint density at radius 3 is 2.36 bits per heavy atom. The van der Waals surface area contributed by atoms with Gasteiger partial charge < -0.3 is 9.30 Å². The highest BCUT2D eigenvalue weighted by atomic mass is 32.1. The SMILES string of the molecule is Cc1cc(C(=O)COC(=O)CCn2c(C)csc2=O)c(C)c(C)c1C. The minimum Gasteiger partial charge on any atom is -0.457 e. The van der Waals surface area contributed by atoms with Gasteiger partial charge in [0.05, 0.1) is 6.42 Å². The molecule has 1 aromatic carbocycles. The summed E-state index contributed by atoms with van der Waals surface area (Å²) >= 11 is 1.10. The van der Waals surface area contributed by atoms with Crippen LogP contribution in [0.2, 0.25) is 0 Å². The number of aryl methyl sites for hydroxylation is 2. The van der Waals surface area contributed by atoms with Gasteiger partial charge in [0.15, 0.2) is 6.61 Å². The van der Waals surface area contributed by atoms with E-state index in [-0.39, 0.29) is 30.2 Å². The monoisotopic (exact) mass is 361 g/mol. The van der Waals surface area contributed by atoms with Crippen LogP contribution in [0.3, 0.4) is 0 Å². The standard InChI is InChI=1S/C19H23NO4S/c1-11-8-16(15(5)14(4)13(11)3)17(21)9-24-18(22)6-7-20-12(2)10-25-19(20)23/h8,10H,6-7,9H2,1-5H3. The van der Waals surface area contributed by atoms with Crippen LogP contribution in [0.5, 0.6) is 0 Å². The summed E-state index contributed by atoms with van der Waals surface area (Å²) < 4.78 is 6.63. The first-order valence-corrected chi connectivity index (χ1v) is 9.01. The number of ketones is 1. The lowest BCUT2D eigenvalue weighted by Gasteiger charge is -2.13. The summed E-state index contributed by atoms with van der Waals surface area (Å²) in [5, 5.41) is 1.75. The molecule has 0 amide bonds. The molecule has 1 heterocycles. The number of ether oxygens (including phenoxy) is 1. The van der Waals surface area contributed by atoms with Gasteiger partial charge in [-0.3, -0.25) is 14.4 Å². The van der Waals surface area contributed by atoms with E-state index < -0.39 is 5.97 Å². The van der Waals surface area contributed by atoms with Gasteiger partial charge in [-0.15, -0.1) is 0 Å². The number of carbonyl (C=O) groups excluding carboxylic acids is 2. The van der Waals surface area contributed by atoms with E-state index in [1.54, 1.807) is 5.38 Å². The second-order valence-corrected chi connectivity index (χ2v) is 7.07. The molecule has 1 aromatic heterocycles. The molecule has 0 aliphatic heterocycles. The number of aromatic nitrogens is 1. The van der Waals surface area contributed by atoms with Gasteiger partial charge in [-0.1, -0.05) is 11.3 Å². The molecule has 0 spiro atoms.